The van der Waals surface area contributed by atoms with Gasteiger partial charge in [-0.15, -0.1) is 0 Å². The van der Waals surface area contributed by atoms with Gasteiger partial charge in [-0.05, 0) is 103 Å². The van der Waals surface area contributed by atoms with Crippen LogP contribution in [0, 0.1) is 6.92 Å². The maximum Gasteiger partial charge on any atom is 0.150 e. The zero-order valence-corrected chi connectivity index (χ0v) is 29.9. The van der Waals surface area contributed by atoms with Crippen molar-refractivity contribution in [2.24, 2.45) is 0 Å². The maximum atomic E-state index is 10.7. The van der Waals surface area contributed by atoms with Crippen LogP contribution >= 0.6 is 0 Å². The van der Waals surface area contributed by atoms with Crippen LogP contribution < -0.4 is 18.9 Å². The van der Waals surface area contributed by atoms with Crippen LogP contribution in [0.3, 0.4) is 0 Å². The molecule has 0 aliphatic carbocycles. The monoisotopic (exact) mass is 694 g/mol. The van der Waals surface area contributed by atoms with Gasteiger partial charge in [-0.2, -0.15) is 0 Å². The smallest absolute Gasteiger partial charge is 0.150 e. The number of hydrogen-bond donors (Lipinski definition) is 0. The number of carbonyl (C=O) groups excluding carboxylic acids is 3. The average molecular weight is 695 g/mol. The van der Waals surface area contributed by atoms with Gasteiger partial charge in [0.25, 0.3) is 0 Å². The highest BCUT2D eigenvalue weighted by atomic mass is 16.5. The van der Waals surface area contributed by atoms with Crippen LogP contribution in [0.5, 0.6) is 40.2 Å². The lowest BCUT2D eigenvalue weighted by Crippen LogP contribution is -2.10. The molecule has 0 saturated heterocycles. The summed E-state index contributed by atoms with van der Waals surface area (Å²) in [6.45, 7) is 8.56. The van der Waals surface area contributed by atoms with Gasteiger partial charge in [0.15, 0.2) is 0 Å². The zero-order chi connectivity index (χ0) is 37.3. The molecule has 0 N–H and O–H groups in total. The van der Waals surface area contributed by atoms with Crippen molar-refractivity contribution in [1.82, 2.24) is 0 Å². The van der Waals surface area contributed by atoms with Gasteiger partial charge < -0.3 is 18.9 Å². The summed E-state index contributed by atoms with van der Waals surface area (Å²) in [7, 11) is 1.61. The molecule has 6 aromatic rings. The summed E-state index contributed by atoms with van der Waals surface area (Å²) in [4.78, 5) is 31.9. The standard InChI is InChI=1S/C17H18O2.C14H12O3.C14H12O2/c1-17(2,3)14-7-9-15(10-8-14)19-16-6-4-5-13(11-16)12-18;1-16-12-5-7-13(8-6-12)17-14-4-2-3-11(9-14)10-15;1-11-5-7-13(8-6-11)16-14-4-2-3-12(9-14)10-15/h4-12H,1-3H3;2-10H,1H3;2-10H,1H3. The fourth-order valence-corrected chi connectivity index (χ4v) is 4.64. The Labute approximate surface area is 305 Å². The van der Waals surface area contributed by atoms with Gasteiger partial charge in [-0.1, -0.05) is 87.0 Å². The number of ether oxygens (including phenoxy) is 4. The Morgan fingerprint density at radius 3 is 1.08 bits per heavy atom. The molecule has 0 spiro atoms. The van der Waals surface area contributed by atoms with E-state index >= 15 is 0 Å². The van der Waals surface area contributed by atoms with E-state index in [2.05, 4.69) is 32.9 Å². The molecule has 0 atom stereocenters. The molecule has 0 aliphatic heterocycles. The average Bonchev–Trinajstić information content (AvgIpc) is 3.17. The van der Waals surface area contributed by atoms with Crippen molar-refractivity contribution in [2.75, 3.05) is 7.11 Å². The van der Waals surface area contributed by atoms with Crippen molar-refractivity contribution < 1.29 is 33.3 Å². The number of rotatable bonds is 10. The Kier molecular flexibility index (Phi) is 14.1. The zero-order valence-electron chi connectivity index (χ0n) is 29.9. The van der Waals surface area contributed by atoms with Crippen LogP contribution in [0.2, 0.25) is 0 Å². The molecule has 0 unspecified atom stereocenters. The Hall–Kier alpha value is -6.47. The summed E-state index contributed by atoms with van der Waals surface area (Å²) >= 11 is 0. The molecule has 0 saturated carbocycles. The van der Waals surface area contributed by atoms with E-state index in [0.29, 0.717) is 39.7 Å². The van der Waals surface area contributed by atoms with Gasteiger partial charge in [-0.3, -0.25) is 14.4 Å². The summed E-state index contributed by atoms with van der Waals surface area (Å²) in [5, 5.41) is 0. The molecule has 0 amide bonds. The first kappa shape index (κ1) is 38.3. The van der Waals surface area contributed by atoms with Gasteiger partial charge >= 0.3 is 0 Å². The summed E-state index contributed by atoms with van der Waals surface area (Å²) in [6.07, 6.45) is 2.42. The predicted molar refractivity (Wildman–Crippen MR) is 205 cm³/mol. The van der Waals surface area contributed by atoms with Crippen molar-refractivity contribution in [3.8, 4) is 40.2 Å². The molecule has 6 rings (SSSR count). The van der Waals surface area contributed by atoms with Crippen molar-refractivity contribution in [3.05, 3.63) is 173 Å². The van der Waals surface area contributed by atoms with Gasteiger partial charge in [0.05, 0.1) is 7.11 Å². The topological polar surface area (TPSA) is 88.1 Å². The van der Waals surface area contributed by atoms with Gasteiger partial charge in [0.1, 0.15) is 59.1 Å². The number of aldehydes is 3. The molecule has 6 aromatic carbocycles. The maximum absolute atomic E-state index is 10.7. The summed E-state index contributed by atoms with van der Waals surface area (Å²) < 4.78 is 22.0. The Morgan fingerprint density at radius 2 is 0.750 bits per heavy atom. The molecule has 0 heterocycles. The van der Waals surface area contributed by atoms with Crippen LogP contribution in [0.15, 0.2) is 146 Å². The number of carbonyl (C=O) groups is 3. The highest BCUT2D eigenvalue weighted by molar-refractivity contribution is 5.76. The Bertz CT molecular complexity index is 2030. The first-order valence-electron chi connectivity index (χ1n) is 16.6. The van der Waals surface area contributed by atoms with E-state index in [4.69, 9.17) is 18.9 Å². The van der Waals surface area contributed by atoms with Gasteiger partial charge in [0, 0.05) is 16.7 Å². The van der Waals surface area contributed by atoms with Crippen molar-refractivity contribution in [2.45, 2.75) is 33.1 Å². The largest absolute Gasteiger partial charge is 0.497 e. The van der Waals surface area contributed by atoms with Crippen LogP contribution in [0.1, 0.15) is 63.0 Å². The van der Waals surface area contributed by atoms with E-state index in [-0.39, 0.29) is 5.41 Å². The third-order valence-electron chi connectivity index (χ3n) is 7.49. The summed E-state index contributed by atoms with van der Waals surface area (Å²) in [5.41, 5.74) is 4.41. The minimum absolute atomic E-state index is 0.135. The first-order valence-corrected chi connectivity index (χ1v) is 16.6. The third-order valence-corrected chi connectivity index (χ3v) is 7.49. The molecule has 0 bridgehead atoms. The molecular formula is C45H42O7. The van der Waals surface area contributed by atoms with E-state index < -0.39 is 0 Å². The van der Waals surface area contributed by atoms with E-state index in [1.54, 1.807) is 61.7 Å². The lowest BCUT2D eigenvalue weighted by molar-refractivity contribution is 0.111. The van der Waals surface area contributed by atoms with Gasteiger partial charge in [0.2, 0.25) is 0 Å². The number of methoxy groups -OCH3 is 1. The minimum Gasteiger partial charge on any atom is -0.497 e. The molecule has 7 heteroatoms. The van der Waals surface area contributed by atoms with Gasteiger partial charge in [-0.25, -0.2) is 0 Å². The van der Waals surface area contributed by atoms with E-state index in [9.17, 15) is 14.4 Å². The van der Waals surface area contributed by atoms with Crippen LogP contribution in [-0.2, 0) is 5.41 Å². The van der Waals surface area contributed by atoms with Crippen molar-refractivity contribution >= 4 is 18.9 Å². The molecule has 0 aliphatic rings. The van der Waals surface area contributed by atoms with Crippen molar-refractivity contribution in [1.29, 1.82) is 0 Å². The van der Waals surface area contributed by atoms with Crippen molar-refractivity contribution in [3.63, 3.8) is 0 Å². The number of hydrogen-bond acceptors (Lipinski definition) is 7. The number of benzene rings is 6. The predicted octanol–water partition coefficient (Wildman–Crippen LogP) is 11.5. The fraction of sp³-hybridized carbons (Fsp3) is 0.133. The lowest BCUT2D eigenvalue weighted by Gasteiger charge is -2.19. The molecule has 0 fully saturated rings. The minimum atomic E-state index is 0.135. The second-order valence-electron chi connectivity index (χ2n) is 12.6. The van der Waals surface area contributed by atoms with E-state index in [0.717, 1.165) is 36.1 Å². The second-order valence-corrected chi connectivity index (χ2v) is 12.6. The fourth-order valence-electron chi connectivity index (χ4n) is 4.64. The molecule has 0 aromatic heterocycles. The van der Waals surface area contributed by atoms with Crippen LogP contribution in [0.4, 0.5) is 0 Å². The summed E-state index contributed by atoms with van der Waals surface area (Å²) in [6, 6.07) is 44.3. The quantitative estimate of drug-likeness (QED) is 0.132. The first-order chi connectivity index (χ1) is 25.1. The number of aryl methyl sites for hydroxylation is 1. The SMILES string of the molecule is CC(C)(C)c1ccc(Oc2cccc(C=O)c2)cc1.COc1ccc(Oc2cccc(C=O)c2)cc1.Cc1ccc(Oc2cccc(C=O)c2)cc1. The molecular weight excluding hydrogens is 652 g/mol. The summed E-state index contributed by atoms with van der Waals surface area (Å²) in [5.74, 6) is 5.01. The lowest BCUT2D eigenvalue weighted by atomic mass is 9.87. The molecule has 52 heavy (non-hydrogen) atoms. The second kappa shape index (κ2) is 19.1. The highest BCUT2D eigenvalue weighted by Gasteiger charge is 2.13. The van der Waals surface area contributed by atoms with E-state index in [1.807, 2.05) is 85.8 Å². The Balaban J connectivity index is 0.000000175. The molecule has 0 radical (unpaired) electrons. The normalized spacial score (nSPS) is 10.2. The Morgan fingerprint density at radius 1 is 0.423 bits per heavy atom. The molecule has 7 nitrogen and oxygen atoms in total. The molecule has 264 valence electrons. The van der Waals surface area contributed by atoms with Crippen LogP contribution in [0.25, 0.3) is 0 Å². The highest BCUT2D eigenvalue weighted by Crippen LogP contribution is 2.28. The third kappa shape index (κ3) is 12.4. The van der Waals surface area contributed by atoms with E-state index in [1.165, 1.54) is 11.1 Å². The van der Waals surface area contributed by atoms with Crippen LogP contribution in [-0.4, -0.2) is 26.0 Å².